The van der Waals surface area contributed by atoms with Crippen molar-refractivity contribution in [2.24, 2.45) is 0 Å². The first kappa shape index (κ1) is 21.2. The Morgan fingerprint density at radius 1 is 1.18 bits per heavy atom. The van der Waals surface area contributed by atoms with Crippen molar-refractivity contribution in [3.8, 4) is 0 Å². The Bertz CT molecular complexity index is 437. The minimum atomic E-state index is 0. The van der Waals surface area contributed by atoms with Crippen LogP contribution in [-0.2, 0) is 11.3 Å². The number of halogens is 2. The largest absolute Gasteiger partial charge is 0.326 e. The number of piperidine rings is 1. The molecule has 6 heteroatoms. The van der Waals surface area contributed by atoms with Crippen molar-refractivity contribution >= 4 is 36.4 Å². The number of hydrogen-bond donors (Lipinski definition) is 2. The summed E-state index contributed by atoms with van der Waals surface area (Å²) in [7, 11) is 1.85. The van der Waals surface area contributed by atoms with Gasteiger partial charge in [0.2, 0.25) is 5.91 Å². The highest BCUT2D eigenvalue weighted by Crippen LogP contribution is 2.16. The third-order valence-electron chi connectivity index (χ3n) is 3.67. The summed E-state index contributed by atoms with van der Waals surface area (Å²) < 4.78 is 0. The topological polar surface area (TPSA) is 44.4 Å². The molecule has 1 saturated heterocycles. The van der Waals surface area contributed by atoms with Crippen LogP contribution in [0, 0.1) is 0 Å². The highest BCUT2D eigenvalue weighted by atomic mass is 35.5. The van der Waals surface area contributed by atoms with Gasteiger partial charge in [-0.15, -0.1) is 24.8 Å². The zero-order valence-corrected chi connectivity index (χ0v) is 14.8. The molecule has 1 fully saturated rings. The standard InChI is InChI=1S/C16H25N3O.2ClH/c1-17-9-8-16(20)18-15-7-5-6-14(12-15)13-19-10-3-2-4-11-19;;/h5-7,12,17H,2-4,8-11,13H2,1H3,(H,18,20);2*1H. The molecule has 1 aromatic carbocycles. The number of nitrogens with zero attached hydrogens (tertiary/aromatic N) is 1. The molecule has 4 nitrogen and oxygen atoms in total. The number of hydrogen-bond acceptors (Lipinski definition) is 3. The van der Waals surface area contributed by atoms with Crippen molar-refractivity contribution in [2.75, 3.05) is 32.0 Å². The van der Waals surface area contributed by atoms with E-state index in [0.717, 1.165) is 12.2 Å². The number of carbonyl (C=O) groups is 1. The van der Waals surface area contributed by atoms with Gasteiger partial charge in [0.05, 0.1) is 0 Å². The summed E-state index contributed by atoms with van der Waals surface area (Å²) in [5.41, 5.74) is 2.18. The van der Waals surface area contributed by atoms with E-state index in [1.807, 2.05) is 19.2 Å². The molecule has 0 aromatic heterocycles. The Morgan fingerprint density at radius 3 is 2.59 bits per heavy atom. The van der Waals surface area contributed by atoms with Gasteiger partial charge in [-0.2, -0.15) is 0 Å². The molecule has 22 heavy (non-hydrogen) atoms. The van der Waals surface area contributed by atoms with Crippen LogP contribution >= 0.6 is 24.8 Å². The molecule has 1 aliphatic rings. The molecular weight excluding hydrogens is 321 g/mol. The molecule has 0 spiro atoms. The molecule has 1 heterocycles. The lowest BCUT2D eigenvalue weighted by molar-refractivity contribution is -0.116. The maximum absolute atomic E-state index is 11.7. The summed E-state index contributed by atoms with van der Waals surface area (Å²) in [6.45, 7) is 4.08. The number of carbonyl (C=O) groups excluding carboxylic acids is 1. The molecule has 126 valence electrons. The number of nitrogens with one attached hydrogen (secondary N) is 2. The lowest BCUT2D eigenvalue weighted by Gasteiger charge is -2.26. The van der Waals surface area contributed by atoms with E-state index in [2.05, 4.69) is 27.7 Å². The van der Waals surface area contributed by atoms with E-state index < -0.39 is 0 Å². The lowest BCUT2D eigenvalue weighted by Crippen LogP contribution is -2.29. The van der Waals surface area contributed by atoms with Crippen molar-refractivity contribution in [1.82, 2.24) is 10.2 Å². The molecule has 0 aliphatic carbocycles. The van der Waals surface area contributed by atoms with Gasteiger partial charge in [-0.3, -0.25) is 9.69 Å². The quantitative estimate of drug-likeness (QED) is 0.831. The molecule has 2 rings (SSSR count). The average Bonchev–Trinajstić information content (AvgIpc) is 2.46. The van der Waals surface area contributed by atoms with Crippen LogP contribution in [0.1, 0.15) is 31.2 Å². The van der Waals surface area contributed by atoms with Gasteiger partial charge in [-0.1, -0.05) is 18.6 Å². The first-order chi connectivity index (χ1) is 9.78. The highest BCUT2D eigenvalue weighted by Gasteiger charge is 2.10. The number of benzene rings is 1. The summed E-state index contributed by atoms with van der Waals surface area (Å²) in [6.07, 6.45) is 4.48. The molecule has 1 amide bonds. The highest BCUT2D eigenvalue weighted by molar-refractivity contribution is 5.90. The number of likely N-dealkylation sites (tertiary alicyclic amines) is 1. The minimum Gasteiger partial charge on any atom is -0.326 e. The van der Waals surface area contributed by atoms with Crippen molar-refractivity contribution in [3.05, 3.63) is 29.8 Å². The number of anilines is 1. The fourth-order valence-electron chi connectivity index (χ4n) is 2.59. The molecule has 0 radical (unpaired) electrons. The molecule has 0 saturated carbocycles. The van der Waals surface area contributed by atoms with E-state index in [9.17, 15) is 4.79 Å². The predicted molar refractivity (Wildman–Crippen MR) is 97.2 cm³/mol. The Hall–Kier alpha value is -0.810. The van der Waals surface area contributed by atoms with Gasteiger partial charge >= 0.3 is 0 Å². The van der Waals surface area contributed by atoms with Crippen molar-refractivity contribution < 1.29 is 4.79 Å². The van der Waals surface area contributed by atoms with E-state index in [4.69, 9.17) is 0 Å². The van der Waals surface area contributed by atoms with E-state index >= 15 is 0 Å². The van der Waals surface area contributed by atoms with Gasteiger partial charge in [0, 0.05) is 25.2 Å². The second-order valence-electron chi connectivity index (χ2n) is 5.44. The van der Waals surface area contributed by atoms with Crippen LogP contribution < -0.4 is 10.6 Å². The summed E-state index contributed by atoms with van der Waals surface area (Å²) in [5, 5.41) is 5.94. The zero-order chi connectivity index (χ0) is 14.2. The second-order valence-corrected chi connectivity index (χ2v) is 5.44. The Kier molecular flexibility index (Phi) is 11.3. The molecular formula is C16H27Cl2N3O. The van der Waals surface area contributed by atoms with Gasteiger partial charge < -0.3 is 10.6 Å². The maximum Gasteiger partial charge on any atom is 0.225 e. The smallest absolute Gasteiger partial charge is 0.225 e. The lowest BCUT2D eigenvalue weighted by atomic mass is 10.1. The van der Waals surface area contributed by atoms with Crippen molar-refractivity contribution in [3.63, 3.8) is 0 Å². The van der Waals surface area contributed by atoms with Gasteiger partial charge in [0.1, 0.15) is 0 Å². The summed E-state index contributed by atoms with van der Waals surface area (Å²) in [5.74, 6) is 0.0643. The van der Waals surface area contributed by atoms with Gasteiger partial charge in [-0.05, 0) is 50.7 Å². The molecule has 0 bridgehead atoms. The number of rotatable bonds is 6. The fourth-order valence-corrected chi connectivity index (χ4v) is 2.59. The first-order valence-electron chi connectivity index (χ1n) is 7.53. The van der Waals surface area contributed by atoms with Crippen LogP contribution in [0.3, 0.4) is 0 Å². The third kappa shape index (κ3) is 7.45. The van der Waals surface area contributed by atoms with Crippen molar-refractivity contribution in [1.29, 1.82) is 0 Å². The number of amides is 1. The van der Waals surface area contributed by atoms with Crippen molar-refractivity contribution in [2.45, 2.75) is 32.2 Å². The summed E-state index contributed by atoms with van der Waals surface area (Å²) in [6, 6.07) is 8.20. The normalized spacial score (nSPS) is 14.6. The maximum atomic E-state index is 11.7. The van der Waals surface area contributed by atoms with Gasteiger partial charge in [0.25, 0.3) is 0 Å². The SMILES string of the molecule is CNCCC(=O)Nc1cccc(CN2CCCCC2)c1.Cl.Cl. The van der Waals surface area contributed by atoms with Crippen LogP contribution in [0.4, 0.5) is 5.69 Å². The molecule has 0 atom stereocenters. The summed E-state index contributed by atoms with van der Waals surface area (Å²) >= 11 is 0. The van der Waals surface area contributed by atoms with Crippen LogP contribution in [0.25, 0.3) is 0 Å². The van der Waals surface area contributed by atoms with Gasteiger partial charge in [0.15, 0.2) is 0 Å². The van der Waals surface area contributed by atoms with E-state index in [0.29, 0.717) is 13.0 Å². The summed E-state index contributed by atoms with van der Waals surface area (Å²) in [4.78, 5) is 14.2. The first-order valence-corrected chi connectivity index (χ1v) is 7.53. The minimum absolute atomic E-state index is 0. The fraction of sp³-hybridized carbons (Fsp3) is 0.562. The van der Waals surface area contributed by atoms with E-state index in [1.54, 1.807) is 0 Å². The molecule has 1 aliphatic heterocycles. The molecule has 2 N–H and O–H groups in total. The van der Waals surface area contributed by atoms with Crippen LogP contribution in [0.2, 0.25) is 0 Å². The predicted octanol–water partition coefficient (Wildman–Crippen LogP) is 3.06. The zero-order valence-electron chi connectivity index (χ0n) is 13.1. The Morgan fingerprint density at radius 2 is 1.91 bits per heavy atom. The average molecular weight is 348 g/mol. The van der Waals surface area contributed by atoms with Crippen LogP contribution in [0.5, 0.6) is 0 Å². The van der Waals surface area contributed by atoms with E-state index in [-0.39, 0.29) is 30.7 Å². The Balaban J connectivity index is 0.00000220. The van der Waals surface area contributed by atoms with Crippen LogP contribution in [0.15, 0.2) is 24.3 Å². The monoisotopic (exact) mass is 347 g/mol. The second kappa shape index (κ2) is 11.7. The molecule has 0 unspecified atom stereocenters. The third-order valence-corrected chi connectivity index (χ3v) is 3.67. The van der Waals surface area contributed by atoms with E-state index in [1.165, 1.54) is 37.9 Å². The van der Waals surface area contributed by atoms with Gasteiger partial charge in [-0.25, -0.2) is 0 Å². The van der Waals surface area contributed by atoms with Crippen LogP contribution in [-0.4, -0.2) is 37.5 Å². The molecule has 1 aromatic rings. The Labute approximate surface area is 145 Å².